The Hall–Kier alpha value is -2.42. The van der Waals surface area contributed by atoms with Gasteiger partial charge in [-0.2, -0.15) is 8.42 Å². The molecule has 0 fully saturated rings. The minimum absolute atomic E-state index is 0. The first-order chi connectivity index (χ1) is 14.1. The average Bonchev–Trinajstić information content (AvgIpc) is 3.19. The van der Waals surface area contributed by atoms with Crippen molar-refractivity contribution in [1.29, 1.82) is 0 Å². The number of fused-ring (bicyclic) bond motifs is 2. The SMILES string of the molecule is C.Cc1cc2c3c4c1N(Cc1ccccc1S(=O)(=O)OCC(C2)O3)C(=O)C4(O)C(C)C. The van der Waals surface area contributed by atoms with Crippen molar-refractivity contribution in [2.45, 2.75) is 57.8 Å². The Kier molecular flexibility index (Phi) is 4.96. The predicted molar refractivity (Wildman–Crippen MR) is 116 cm³/mol. The third-order valence-electron chi connectivity index (χ3n) is 6.29. The molecule has 7 nitrogen and oxygen atoms in total. The van der Waals surface area contributed by atoms with Gasteiger partial charge in [0.2, 0.25) is 0 Å². The number of hydrogen-bond donors (Lipinski definition) is 1. The molecule has 3 aliphatic heterocycles. The van der Waals surface area contributed by atoms with E-state index >= 15 is 0 Å². The summed E-state index contributed by atoms with van der Waals surface area (Å²) in [7, 11) is -4.03. The molecule has 5 rings (SSSR count). The van der Waals surface area contributed by atoms with Gasteiger partial charge in [0.15, 0.2) is 5.60 Å². The molecule has 0 radical (unpaired) electrons. The number of benzene rings is 2. The normalized spacial score (nSPS) is 25.5. The average molecular weight is 446 g/mol. The highest BCUT2D eigenvalue weighted by atomic mass is 32.2. The van der Waals surface area contributed by atoms with E-state index in [0.717, 1.165) is 11.1 Å². The standard InChI is InChI=1S/C22H23NO6S.CH4/c1-12(2)22(25)18-19-13(3)8-15-9-16(29-20(15)18)11-28-30(26,27)17-7-5-4-6-14(17)10-23(19)21(22)24;/h4-8,12,16,25H,9-11H2,1-3H3;1H4. The number of aliphatic hydroxyl groups is 1. The molecule has 1 amide bonds. The summed E-state index contributed by atoms with van der Waals surface area (Å²) < 4.78 is 37.2. The van der Waals surface area contributed by atoms with Crippen LogP contribution in [0.5, 0.6) is 5.75 Å². The molecule has 2 atom stereocenters. The van der Waals surface area contributed by atoms with Crippen LogP contribution in [-0.2, 0) is 37.7 Å². The summed E-state index contributed by atoms with van der Waals surface area (Å²) >= 11 is 0. The fourth-order valence-corrected chi connectivity index (χ4v) is 5.93. The van der Waals surface area contributed by atoms with Crippen LogP contribution in [0.1, 0.15) is 43.5 Å². The van der Waals surface area contributed by atoms with Crippen molar-refractivity contribution in [3.8, 4) is 5.75 Å². The summed E-state index contributed by atoms with van der Waals surface area (Å²) in [5.74, 6) is -0.395. The number of hydrogen-bond acceptors (Lipinski definition) is 6. The smallest absolute Gasteiger partial charge is 0.297 e. The Bertz CT molecular complexity index is 1190. The first-order valence-corrected chi connectivity index (χ1v) is 11.4. The van der Waals surface area contributed by atoms with Crippen LogP contribution >= 0.6 is 0 Å². The lowest BCUT2D eigenvalue weighted by molar-refractivity contribution is -0.141. The topological polar surface area (TPSA) is 93.1 Å². The maximum absolute atomic E-state index is 13.6. The van der Waals surface area contributed by atoms with Crippen molar-refractivity contribution in [1.82, 2.24) is 0 Å². The summed E-state index contributed by atoms with van der Waals surface area (Å²) in [5.41, 5.74) is 1.47. The van der Waals surface area contributed by atoms with Gasteiger partial charge in [0.05, 0.1) is 22.7 Å². The molecule has 2 unspecified atom stereocenters. The van der Waals surface area contributed by atoms with Crippen molar-refractivity contribution < 1.29 is 27.2 Å². The molecule has 0 aromatic heterocycles. The van der Waals surface area contributed by atoms with Crippen LogP contribution in [-0.4, -0.2) is 32.1 Å². The van der Waals surface area contributed by atoms with Crippen molar-refractivity contribution in [3.05, 3.63) is 52.6 Å². The van der Waals surface area contributed by atoms with Crippen molar-refractivity contribution in [2.24, 2.45) is 5.92 Å². The minimum Gasteiger partial charge on any atom is -0.487 e. The zero-order valence-electron chi connectivity index (χ0n) is 17.0. The summed E-state index contributed by atoms with van der Waals surface area (Å²) in [4.78, 5) is 15.1. The highest BCUT2D eigenvalue weighted by Gasteiger charge is 2.56. The van der Waals surface area contributed by atoms with E-state index < -0.39 is 33.6 Å². The molecular formula is C23H27NO6S. The molecule has 2 aromatic rings. The first-order valence-electron chi connectivity index (χ1n) is 10.00. The highest BCUT2D eigenvalue weighted by molar-refractivity contribution is 7.86. The molecule has 3 aliphatic rings. The molecule has 166 valence electrons. The zero-order chi connectivity index (χ0) is 21.4. The highest BCUT2D eigenvalue weighted by Crippen LogP contribution is 2.54. The van der Waals surface area contributed by atoms with Crippen LogP contribution in [0.2, 0.25) is 0 Å². The van der Waals surface area contributed by atoms with Crippen LogP contribution in [0, 0.1) is 12.8 Å². The molecule has 0 saturated carbocycles. The third kappa shape index (κ3) is 2.92. The third-order valence-corrected chi connectivity index (χ3v) is 7.67. The molecule has 0 spiro atoms. The van der Waals surface area contributed by atoms with E-state index in [1.54, 1.807) is 32.0 Å². The number of nitrogens with zero attached hydrogens (tertiary/aromatic N) is 1. The molecule has 8 heteroatoms. The van der Waals surface area contributed by atoms with Gasteiger partial charge in [0, 0.05) is 6.42 Å². The number of anilines is 1. The Balaban J connectivity index is 0.00000231. The second-order valence-electron chi connectivity index (χ2n) is 8.51. The number of ether oxygens (including phenoxy) is 1. The minimum atomic E-state index is -4.03. The maximum atomic E-state index is 13.6. The van der Waals surface area contributed by atoms with Gasteiger partial charge in [-0.15, -0.1) is 0 Å². The van der Waals surface area contributed by atoms with E-state index in [9.17, 15) is 18.3 Å². The molecular weight excluding hydrogens is 418 g/mol. The van der Waals surface area contributed by atoms with Crippen LogP contribution in [0.25, 0.3) is 0 Å². The Labute approximate surface area is 182 Å². The summed E-state index contributed by atoms with van der Waals surface area (Å²) in [6, 6.07) is 8.44. The number of aryl methyl sites for hydroxylation is 1. The quantitative estimate of drug-likeness (QED) is 0.679. The zero-order valence-corrected chi connectivity index (χ0v) is 17.8. The Morgan fingerprint density at radius 3 is 2.65 bits per heavy atom. The van der Waals surface area contributed by atoms with E-state index in [2.05, 4.69) is 0 Å². The molecule has 0 aliphatic carbocycles. The van der Waals surface area contributed by atoms with E-state index in [4.69, 9.17) is 8.92 Å². The van der Waals surface area contributed by atoms with Crippen molar-refractivity contribution in [2.75, 3.05) is 11.5 Å². The lowest BCUT2D eigenvalue weighted by Crippen LogP contribution is -2.44. The van der Waals surface area contributed by atoms with Gasteiger partial charge in [-0.1, -0.05) is 45.5 Å². The van der Waals surface area contributed by atoms with E-state index in [0.29, 0.717) is 29.0 Å². The van der Waals surface area contributed by atoms with Crippen LogP contribution in [0.4, 0.5) is 5.69 Å². The van der Waals surface area contributed by atoms with E-state index in [1.165, 1.54) is 11.0 Å². The second kappa shape index (κ2) is 7.05. The van der Waals surface area contributed by atoms with Crippen molar-refractivity contribution in [3.63, 3.8) is 0 Å². The molecule has 5 bridgehead atoms. The van der Waals surface area contributed by atoms with Crippen LogP contribution in [0.15, 0.2) is 35.2 Å². The molecule has 31 heavy (non-hydrogen) atoms. The summed E-state index contributed by atoms with van der Waals surface area (Å²) in [5, 5.41) is 11.7. The van der Waals surface area contributed by atoms with Crippen LogP contribution in [0.3, 0.4) is 0 Å². The second-order valence-corrected chi connectivity index (χ2v) is 10.1. The van der Waals surface area contributed by atoms with Gasteiger partial charge in [-0.3, -0.25) is 8.98 Å². The molecule has 0 saturated heterocycles. The lowest BCUT2D eigenvalue weighted by atomic mass is 9.82. The number of rotatable bonds is 1. The van der Waals surface area contributed by atoms with Gasteiger partial charge < -0.3 is 14.7 Å². The molecule has 1 N–H and O–H groups in total. The monoisotopic (exact) mass is 445 g/mol. The van der Waals surface area contributed by atoms with E-state index in [-0.39, 0.29) is 25.5 Å². The fourth-order valence-electron chi connectivity index (χ4n) is 4.77. The molecule has 3 heterocycles. The lowest BCUT2D eigenvalue weighted by Gasteiger charge is -2.27. The maximum Gasteiger partial charge on any atom is 0.297 e. The summed E-state index contributed by atoms with van der Waals surface area (Å²) in [6.07, 6.45) is -0.0731. The summed E-state index contributed by atoms with van der Waals surface area (Å²) in [6.45, 7) is 5.36. The Morgan fingerprint density at radius 2 is 1.94 bits per heavy atom. The number of amides is 1. The van der Waals surface area contributed by atoms with E-state index in [1.807, 2.05) is 13.0 Å². The van der Waals surface area contributed by atoms with Gasteiger partial charge in [0.25, 0.3) is 16.0 Å². The Morgan fingerprint density at radius 1 is 1.23 bits per heavy atom. The number of carbonyl (C=O) groups is 1. The van der Waals surface area contributed by atoms with Crippen molar-refractivity contribution >= 4 is 21.7 Å². The van der Waals surface area contributed by atoms with Gasteiger partial charge in [-0.25, -0.2) is 0 Å². The molecule has 2 aromatic carbocycles. The first kappa shape index (κ1) is 21.8. The van der Waals surface area contributed by atoms with Gasteiger partial charge in [0.1, 0.15) is 18.5 Å². The predicted octanol–water partition coefficient (Wildman–Crippen LogP) is 3.04. The fraction of sp³-hybridized carbons (Fsp3) is 0.435. The number of carbonyl (C=O) groups excluding carboxylic acids is 1. The van der Waals surface area contributed by atoms with Gasteiger partial charge >= 0.3 is 0 Å². The largest absolute Gasteiger partial charge is 0.487 e. The van der Waals surface area contributed by atoms with Crippen LogP contribution < -0.4 is 9.64 Å². The van der Waals surface area contributed by atoms with Gasteiger partial charge in [-0.05, 0) is 35.6 Å².